The molecule has 166 valence electrons. The summed E-state index contributed by atoms with van der Waals surface area (Å²) in [4.78, 5) is 25.5. The molecule has 1 N–H and O–H groups in total. The van der Waals surface area contributed by atoms with Crippen LogP contribution in [0.3, 0.4) is 0 Å². The fourth-order valence-corrected chi connectivity index (χ4v) is 3.35. The molecule has 0 saturated carbocycles. The second-order valence-electron chi connectivity index (χ2n) is 7.62. The smallest absolute Gasteiger partial charge is 0.271 e. The number of pyridine rings is 1. The molecule has 2 rings (SSSR count). The second kappa shape index (κ2) is 10.5. The number of hydrogen-bond donors (Lipinski definition) is 1. The van der Waals surface area contributed by atoms with E-state index in [-0.39, 0.29) is 35.9 Å². The summed E-state index contributed by atoms with van der Waals surface area (Å²) in [6, 6.07) is 5.27. The van der Waals surface area contributed by atoms with E-state index in [1.165, 1.54) is 6.92 Å². The van der Waals surface area contributed by atoms with Gasteiger partial charge >= 0.3 is 0 Å². The maximum atomic E-state index is 12.9. The van der Waals surface area contributed by atoms with Gasteiger partial charge in [0, 0.05) is 18.2 Å². The first-order valence-corrected chi connectivity index (χ1v) is 10.4. The van der Waals surface area contributed by atoms with Crippen LogP contribution in [0.15, 0.2) is 16.9 Å². The summed E-state index contributed by atoms with van der Waals surface area (Å²) in [5.41, 5.74) is 0.854. The molecule has 0 bridgehead atoms. The van der Waals surface area contributed by atoms with Crippen molar-refractivity contribution in [3.8, 4) is 17.7 Å². The van der Waals surface area contributed by atoms with Crippen LogP contribution in [0.1, 0.15) is 52.9 Å². The summed E-state index contributed by atoms with van der Waals surface area (Å²) in [5, 5.41) is 20.7. The summed E-state index contributed by atoms with van der Waals surface area (Å²) in [6.45, 7) is 9.04. The van der Waals surface area contributed by atoms with Gasteiger partial charge in [-0.25, -0.2) is 0 Å². The van der Waals surface area contributed by atoms with Gasteiger partial charge in [-0.2, -0.15) is 5.26 Å². The van der Waals surface area contributed by atoms with Crippen molar-refractivity contribution in [3.05, 3.63) is 55.3 Å². The Kier molecular flexibility index (Phi) is 8.26. The third kappa shape index (κ3) is 5.66. The largest absolute Gasteiger partial charge is 0.494 e. The fourth-order valence-electron chi connectivity index (χ4n) is 3.24. The Labute approximate surface area is 186 Å². The molecule has 1 aromatic heterocycles. The van der Waals surface area contributed by atoms with Crippen molar-refractivity contribution in [2.45, 2.75) is 53.7 Å². The molecule has 0 aliphatic carbocycles. The minimum Gasteiger partial charge on any atom is -0.494 e. The molecule has 0 amide bonds. The Bertz CT molecular complexity index is 1060. The van der Waals surface area contributed by atoms with Gasteiger partial charge in [0.2, 0.25) is 11.7 Å². The first-order valence-electron chi connectivity index (χ1n) is 9.99. The summed E-state index contributed by atoms with van der Waals surface area (Å²) in [6.07, 6.45) is 0.472. The Hall–Kier alpha value is -2.82. The Morgan fingerprint density at radius 1 is 1.26 bits per heavy atom. The third-order valence-corrected chi connectivity index (χ3v) is 5.43. The highest BCUT2D eigenvalue weighted by Gasteiger charge is 2.24. The minimum absolute atomic E-state index is 0.0347. The zero-order valence-corrected chi connectivity index (χ0v) is 19.2. The van der Waals surface area contributed by atoms with E-state index >= 15 is 0 Å². The normalized spacial score (nSPS) is 10.9. The Balaban J connectivity index is 2.32. The maximum Gasteiger partial charge on any atom is 0.271 e. The predicted molar refractivity (Wildman–Crippen MR) is 118 cm³/mol. The standard InChI is InChI=1S/C23H27ClN2O5/c1-13(2)30-8-6-7-26-22(28)18(11-25)16(5)20(23(26)29)19(27)12-31-17-9-14(3)21(24)15(4)10-17/h9-10,13,29H,6-8,12H2,1-5H3. The fraction of sp³-hybridized carbons (Fsp3) is 0.435. The van der Waals surface area contributed by atoms with Crippen LogP contribution in [-0.2, 0) is 11.3 Å². The highest BCUT2D eigenvalue weighted by molar-refractivity contribution is 6.32. The molecule has 0 saturated heterocycles. The number of carbonyl (C=O) groups excluding carboxylic acids is 1. The van der Waals surface area contributed by atoms with E-state index in [9.17, 15) is 20.0 Å². The number of Topliss-reactive ketones (excluding diaryl/α,β-unsaturated/α-hetero) is 1. The number of nitrogens with zero attached hydrogens (tertiary/aromatic N) is 2. The molecule has 2 aromatic rings. The number of carbonyl (C=O) groups is 1. The van der Waals surface area contributed by atoms with E-state index in [1.807, 2.05) is 33.8 Å². The molecule has 0 fully saturated rings. The van der Waals surface area contributed by atoms with Gasteiger partial charge in [-0.05, 0) is 69.9 Å². The number of ether oxygens (including phenoxy) is 2. The lowest BCUT2D eigenvalue weighted by molar-refractivity contribution is 0.0743. The Morgan fingerprint density at radius 2 is 1.87 bits per heavy atom. The molecular formula is C23H27ClN2O5. The van der Waals surface area contributed by atoms with Gasteiger partial charge in [-0.15, -0.1) is 0 Å². The maximum absolute atomic E-state index is 12.9. The van der Waals surface area contributed by atoms with Crippen molar-refractivity contribution >= 4 is 17.4 Å². The van der Waals surface area contributed by atoms with Gasteiger partial charge in [0.1, 0.15) is 17.4 Å². The van der Waals surface area contributed by atoms with E-state index in [0.29, 0.717) is 23.8 Å². The quantitative estimate of drug-likeness (QED) is 0.460. The van der Waals surface area contributed by atoms with Crippen molar-refractivity contribution in [1.82, 2.24) is 4.57 Å². The zero-order chi connectivity index (χ0) is 23.3. The minimum atomic E-state index is -0.636. The van der Waals surface area contributed by atoms with Crippen molar-refractivity contribution < 1.29 is 19.4 Å². The molecule has 0 aliphatic rings. The third-order valence-electron chi connectivity index (χ3n) is 4.84. The molecule has 0 radical (unpaired) electrons. The van der Waals surface area contributed by atoms with E-state index in [4.69, 9.17) is 21.1 Å². The number of halogens is 1. The van der Waals surface area contributed by atoms with Crippen LogP contribution in [0, 0.1) is 32.1 Å². The van der Waals surface area contributed by atoms with Crippen LogP contribution in [0.25, 0.3) is 0 Å². The van der Waals surface area contributed by atoms with Gasteiger partial charge in [-0.1, -0.05) is 11.6 Å². The molecule has 0 spiro atoms. The number of benzene rings is 1. The van der Waals surface area contributed by atoms with Crippen molar-refractivity contribution in [3.63, 3.8) is 0 Å². The van der Waals surface area contributed by atoms with Gasteiger partial charge in [0.05, 0.1) is 11.7 Å². The highest BCUT2D eigenvalue weighted by Crippen LogP contribution is 2.27. The molecule has 1 heterocycles. The lowest BCUT2D eigenvalue weighted by Crippen LogP contribution is -2.28. The van der Waals surface area contributed by atoms with Crippen LogP contribution in [0.4, 0.5) is 0 Å². The van der Waals surface area contributed by atoms with E-state index in [1.54, 1.807) is 12.1 Å². The first kappa shape index (κ1) is 24.4. The Morgan fingerprint density at radius 3 is 2.42 bits per heavy atom. The van der Waals surface area contributed by atoms with Gasteiger partial charge in [0.15, 0.2) is 6.61 Å². The number of aromatic nitrogens is 1. The molecule has 7 nitrogen and oxygen atoms in total. The summed E-state index contributed by atoms with van der Waals surface area (Å²) < 4.78 is 12.1. The number of aromatic hydroxyl groups is 1. The number of nitriles is 1. The molecule has 8 heteroatoms. The first-order chi connectivity index (χ1) is 14.6. The van der Waals surface area contributed by atoms with E-state index < -0.39 is 17.2 Å². The van der Waals surface area contributed by atoms with E-state index in [0.717, 1.165) is 15.7 Å². The molecule has 0 aliphatic heterocycles. The predicted octanol–water partition coefficient (Wildman–Crippen LogP) is 4.08. The highest BCUT2D eigenvalue weighted by atomic mass is 35.5. The van der Waals surface area contributed by atoms with Crippen molar-refractivity contribution in [2.75, 3.05) is 13.2 Å². The molecule has 1 aromatic carbocycles. The lowest BCUT2D eigenvalue weighted by Gasteiger charge is -2.16. The lowest BCUT2D eigenvalue weighted by atomic mass is 10.0. The van der Waals surface area contributed by atoms with E-state index in [2.05, 4.69) is 0 Å². The van der Waals surface area contributed by atoms with Crippen molar-refractivity contribution in [1.29, 1.82) is 5.26 Å². The van der Waals surface area contributed by atoms with Gasteiger partial charge in [-0.3, -0.25) is 14.2 Å². The van der Waals surface area contributed by atoms with Crippen LogP contribution in [0.5, 0.6) is 11.6 Å². The van der Waals surface area contributed by atoms with Crippen molar-refractivity contribution in [2.24, 2.45) is 0 Å². The number of aryl methyl sites for hydroxylation is 2. The second-order valence-corrected chi connectivity index (χ2v) is 8.00. The summed E-state index contributed by atoms with van der Waals surface area (Å²) in [7, 11) is 0. The summed E-state index contributed by atoms with van der Waals surface area (Å²) >= 11 is 6.16. The molecule has 0 unspecified atom stereocenters. The number of rotatable bonds is 9. The van der Waals surface area contributed by atoms with Crippen LogP contribution < -0.4 is 10.3 Å². The number of ketones is 1. The average molecular weight is 447 g/mol. The monoisotopic (exact) mass is 446 g/mol. The van der Waals surface area contributed by atoms with Gasteiger partial charge in [0.25, 0.3) is 5.56 Å². The molecule has 0 atom stereocenters. The molecular weight excluding hydrogens is 420 g/mol. The SMILES string of the molecule is Cc1cc(OCC(=O)c2c(C)c(C#N)c(=O)n(CCCOC(C)C)c2O)cc(C)c1Cl. The summed E-state index contributed by atoms with van der Waals surface area (Å²) in [5.74, 6) is -0.545. The van der Waals surface area contributed by atoms with Crippen LogP contribution >= 0.6 is 11.6 Å². The van der Waals surface area contributed by atoms with Gasteiger partial charge < -0.3 is 14.6 Å². The number of hydrogen-bond acceptors (Lipinski definition) is 6. The van der Waals surface area contributed by atoms with Crippen LogP contribution in [0.2, 0.25) is 5.02 Å². The average Bonchev–Trinajstić information content (AvgIpc) is 2.69. The topological polar surface area (TPSA) is 102 Å². The van der Waals surface area contributed by atoms with Crippen LogP contribution in [-0.4, -0.2) is 34.8 Å². The zero-order valence-electron chi connectivity index (χ0n) is 18.4. The molecule has 31 heavy (non-hydrogen) atoms.